The van der Waals surface area contributed by atoms with Gasteiger partial charge in [0.2, 0.25) is 5.75 Å². The molecule has 0 amide bonds. The predicted molar refractivity (Wildman–Crippen MR) is 114 cm³/mol. The summed E-state index contributed by atoms with van der Waals surface area (Å²) < 4.78 is 18.1. The van der Waals surface area contributed by atoms with E-state index in [-0.39, 0.29) is 17.2 Å². The van der Waals surface area contributed by atoms with Crippen LogP contribution in [0.5, 0.6) is 17.2 Å². The van der Waals surface area contributed by atoms with Gasteiger partial charge >= 0.3 is 0 Å². The monoisotopic (exact) mass is 432 g/mol. The highest BCUT2D eigenvalue weighted by Gasteiger charge is 2.44. The minimum Gasteiger partial charge on any atom is -0.493 e. The molecule has 2 aliphatic heterocycles. The van der Waals surface area contributed by atoms with E-state index >= 15 is 0 Å². The number of aryl methyl sites for hydroxylation is 1. The van der Waals surface area contributed by atoms with Crippen LogP contribution in [-0.2, 0) is 0 Å². The first-order valence-electron chi connectivity index (χ1n) is 10.1. The zero-order chi connectivity index (χ0) is 21.4. The molecule has 2 aliphatic rings. The number of likely N-dealkylation sites (tertiary alicyclic amines) is 1. The molecule has 1 saturated heterocycles. The van der Waals surface area contributed by atoms with Crippen molar-refractivity contribution in [2.75, 3.05) is 34.4 Å². The number of fused-ring (bicyclic) bond motifs is 1. The molecule has 0 spiro atoms. The smallest absolute Gasteiger partial charge is 0.264 e. The first-order valence-corrected chi connectivity index (χ1v) is 11.0. The van der Waals surface area contributed by atoms with Crippen molar-refractivity contribution in [3.05, 3.63) is 23.5 Å². The average molecular weight is 433 g/mol. The molecule has 0 bridgehead atoms. The van der Waals surface area contributed by atoms with E-state index in [9.17, 15) is 4.79 Å². The quantitative estimate of drug-likeness (QED) is 0.689. The Morgan fingerprint density at radius 3 is 2.27 bits per heavy atom. The van der Waals surface area contributed by atoms with Gasteiger partial charge in [0, 0.05) is 0 Å². The van der Waals surface area contributed by atoms with E-state index < -0.39 is 0 Å². The lowest BCUT2D eigenvalue weighted by Crippen LogP contribution is -2.42. The van der Waals surface area contributed by atoms with Gasteiger partial charge in [0.05, 0.1) is 27.4 Å². The lowest BCUT2D eigenvalue weighted by molar-refractivity contribution is 0.0799. The topological polar surface area (TPSA) is 78.7 Å². The number of piperidine rings is 1. The summed E-state index contributed by atoms with van der Waals surface area (Å²) in [5.41, 5.74) is 0.965. The van der Waals surface area contributed by atoms with E-state index in [0.717, 1.165) is 31.5 Å². The maximum absolute atomic E-state index is 13.3. The molecule has 1 aromatic heterocycles. The second-order valence-electron chi connectivity index (χ2n) is 7.85. The molecular formula is C21H28N4O4S. The van der Waals surface area contributed by atoms with Gasteiger partial charge in [-0.3, -0.25) is 9.69 Å². The molecule has 0 N–H and O–H groups in total. The van der Waals surface area contributed by atoms with Crippen LogP contribution < -0.4 is 14.2 Å². The van der Waals surface area contributed by atoms with Crippen LogP contribution in [0.1, 0.15) is 42.0 Å². The second-order valence-corrected chi connectivity index (χ2v) is 8.96. The Morgan fingerprint density at radius 1 is 1.10 bits per heavy atom. The molecular weight excluding hydrogens is 404 g/mol. The van der Waals surface area contributed by atoms with Crippen LogP contribution in [0.2, 0.25) is 0 Å². The summed E-state index contributed by atoms with van der Waals surface area (Å²) in [6, 6.07) is 3.77. The average Bonchev–Trinajstić information content (AvgIpc) is 3.25. The van der Waals surface area contributed by atoms with Crippen LogP contribution in [0.15, 0.2) is 17.3 Å². The molecule has 1 aromatic carbocycles. The predicted octanol–water partition coefficient (Wildman–Crippen LogP) is 3.20. The molecule has 0 radical (unpaired) electrons. The van der Waals surface area contributed by atoms with Crippen molar-refractivity contribution in [1.82, 2.24) is 19.7 Å². The van der Waals surface area contributed by atoms with Crippen molar-refractivity contribution >= 4 is 17.7 Å². The third kappa shape index (κ3) is 3.65. The Morgan fingerprint density at radius 2 is 1.73 bits per heavy atom. The number of hydrogen-bond donors (Lipinski definition) is 0. The van der Waals surface area contributed by atoms with E-state index in [1.54, 1.807) is 28.3 Å². The standard InChI is InChI=1S/C21H28N4O4S/c1-12-6-8-24(9-7-12)17(19-20(26)25-21(30-19)22-13(2)23-25)14-10-15(27-3)18(29-5)16(11-14)28-4/h10-12,17,19H,6-9H2,1-5H3. The highest BCUT2D eigenvalue weighted by molar-refractivity contribution is 8.00. The SMILES string of the molecule is COc1cc(C(C2Sc3nc(C)nn3C2=O)N2CCC(C)CC2)cc(OC)c1OC. The molecule has 30 heavy (non-hydrogen) atoms. The van der Waals surface area contributed by atoms with Crippen LogP contribution >= 0.6 is 11.8 Å². The minimum absolute atomic E-state index is 0.0343. The number of hydrogen-bond acceptors (Lipinski definition) is 8. The van der Waals surface area contributed by atoms with Gasteiger partial charge in [-0.1, -0.05) is 18.7 Å². The summed E-state index contributed by atoms with van der Waals surface area (Å²) in [4.78, 5) is 20.1. The van der Waals surface area contributed by atoms with Gasteiger partial charge in [0.25, 0.3) is 5.91 Å². The Labute approximate surface area is 180 Å². The van der Waals surface area contributed by atoms with Crippen molar-refractivity contribution in [3.63, 3.8) is 0 Å². The molecule has 0 aliphatic carbocycles. The summed E-state index contributed by atoms with van der Waals surface area (Å²) in [5.74, 6) is 2.99. The van der Waals surface area contributed by atoms with Crippen molar-refractivity contribution in [2.45, 2.75) is 43.1 Å². The fourth-order valence-corrected chi connectivity index (χ4v) is 5.56. The van der Waals surface area contributed by atoms with Crippen molar-refractivity contribution in [2.24, 2.45) is 5.92 Å². The number of methoxy groups -OCH3 is 3. The van der Waals surface area contributed by atoms with Gasteiger partial charge in [-0.15, -0.1) is 5.10 Å². The van der Waals surface area contributed by atoms with E-state index in [4.69, 9.17) is 14.2 Å². The lowest BCUT2D eigenvalue weighted by Gasteiger charge is -2.39. The summed E-state index contributed by atoms with van der Waals surface area (Å²) in [5, 5.41) is 4.62. The molecule has 0 saturated carbocycles. The molecule has 1 fully saturated rings. The van der Waals surface area contributed by atoms with Gasteiger partial charge in [-0.05, 0) is 56.5 Å². The molecule has 4 rings (SSSR count). The maximum Gasteiger partial charge on any atom is 0.264 e. The number of rotatable bonds is 6. The molecule has 2 atom stereocenters. The second kappa shape index (κ2) is 8.47. The summed E-state index contributed by atoms with van der Waals surface area (Å²) in [6.07, 6.45) is 2.21. The van der Waals surface area contributed by atoms with Gasteiger partial charge < -0.3 is 14.2 Å². The van der Waals surface area contributed by atoms with E-state index in [1.807, 2.05) is 12.1 Å². The first-order chi connectivity index (χ1) is 14.5. The van der Waals surface area contributed by atoms with Crippen molar-refractivity contribution in [3.8, 4) is 17.2 Å². The largest absolute Gasteiger partial charge is 0.493 e. The maximum atomic E-state index is 13.3. The number of aromatic nitrogens is 3. The first kappa shape index (κ1) is 21.0. The van der Waals surface area contributed by atoms with E-state index in [0.29, 0.717) is 34.1 Å². The zero-order valence-corrected chi connectivity index (χ0v) is 18.9. The normalized spacial score (nSPS) is 20.8. The highest BCUT2D eigenvalue weighted by atomic mass is 32.2. The van der Waals surface area contributed by atoms with Gasteiger partial charge in [-0.25, -0.2) is 4.98 Å². The van der Waals surface area contributed by atoms with E-state index in [2.05, 4.69) is 21.9 Å². The molecule has 3 heterocycles. The fourth-order valence-electron chi connectivity index (χ4n) is 4.26. The van der Waals surface area contributed by atoms with Crippen molar-refractivity contribution < 1.29 is 19.0 Å². The van der Waals surface area contributed by atoms with Crippen LogP contribution in [0, 0.1) is 12.8 Å². The molecule has 8 nitrogen and oxygen atoms in total. The number of ether oxygens (including phenoxy) is 3. The Balaban J connectivity index is 1.77. The Kier molecular flexibility index (Phi) is 5.92. The number of nitrogens with zero attached hydrogens (tertiary/aromatic N) is 4. The molecule has 162 valence electrons. The summed E-state index contributed by atoms with van der Waals surface area (Å²) >= 11 is 1.48. The molecule has 2 aromatic rings. The number of carbonyl (C=O) groups is 1. The molecule has 2 unspecified atom stereocenters. The zero-order valence-electron chi connectivity index (χ0n) is 18.0. The fraction of sp³-hybridized carbons (Fsp3) is 0.571. The number of benzene rings is 1. The number of thioether (sulfide) groups is 1. The number of carbonyl (C=O) groups excluding carboxylic acids is 1. The van der Waals surface area contributed by atoms with Crippen molar-refractivity contribution in [1.29, 1.82) is 0 Å². The summed E-state index contributed by atoms with van der Waals surface area (Å²) in [7, 11) is 4.81. The van der Waals surface area contributed by atoms with Crippen LogP contribution in [0.3, 0.4) is 0 Å². The van der Waals surface area contributed by atoms with Crippen LogP contribution in [-0.4, -0.2) is 65.2 Å². The van der Waals surface area contributed by atoms with Gasteiger partial charge in [-0.2, -0.15) is 4.68 Å². The highest BCUT2D eigenvalue weighted by Crippen LogP contribution is 2.46. The third-order valence-corrected chi connectivity index (χ3v) is 7.08. The van der Waals surface area contributed by atoms with Gasteiger partial charge in [0.15, 0.2) is 16.7 Å². The van der Waals surface area contributed by atoms with E-state index in [1.165, 1.54) is 16.4 Å². The molecule has 9 heteroatoms. The Hall–Kier alpha value is -2.26. The summed E-state index contributed by atoms with van der Waals surface area (Å²) in [6.45, 7) is 5.95. The lowest BCUT2D eigenvalue weighted by atomic mass is 9.93. The minimum atomic E-state index is -0.336. The Bertz CT molecular complexity index is 914. The van der Waals surface area contributed by atoms with Crippen LogP contribution in [0.25, 0.3) is 0 Å². The van der Waals surface area contributed by atoms with Gasteiger partial charge in [0.1, 0.15) is 11.1 Å². The third-order valence-electron chi connectivity index (χ3n) is 5.89. The van der Waals surface area contributed by atoms with Crippen LogP contribution in [0.4, 0.5) is 0 Å².